The van der Waals surface area contributed by atoms with Crippen LogP contribution >= 0.6 is 0 Å². The number of hydrogen-bond acceptors (Lipinski definition) is 4. The third-order valence-corrected chi connectivity index (χ3v) is 3.26. The standard InChI is InChI=1S/C15H15N5O/c16-8-7-14-19-11-3-1-2-4-12(11)20(14)13-6-5-10(9-18-13)15(17)21/h1-6,9H,7-8,16H2,(H2,17,21). The fourth-order valence-corrected chi connectivity index (χ4v) is 2.29. The topological polar surface area (TPSA) is 99.8 Å². The van der Waals surface area contributed by atoms with Gasteiger partial charge in [0.2, 0.25) is 5.91 Å². The molecule has 3 rings (SSSR count). The second-order valence-electron chi connectivity index (χ2n) is 4.66. The minimum absolute atomic E-state index is 0.378. The summed E-state index contributed by atoms with van der Waals surface area (Å²) in [7, 11) is 0. The van der Waals surface area contributed by atoms with Crippen molar-refractivity contribution in [3.05, 3.63) is 54.0 Å². The van der Waals surface area contributed by atoms with Gasteiger partial charge in [-0.15, -0.1) is 0 Å². The molecule has 4 N–H and O–H groups in total. The van der Waals surface area contributed by atoms with Crippen LogP contribution in [0.25, 0.3) is 16.9 Å². The van der Waals surface area contributed by atoms with Gasteiger partial charge in [-0.05, 0) is 30.8 Å². The van der Waals surface area contributed by atoms with Crippen molar-refractivity contribution < 1.29 is 4.79 Å². The summed E-state index contributed by atoms with van der Waals surface area (Å²) in [5, 5.41) is 0. The number of nitrogens with two attached hydrogens (primary N) is 2. The third-order valence-electron chi connectivity index (χ3n) is 3.26. The number of amides is 1. The Bertz CT molecular complexity index is 791. The molecule has 2 heterocycles. The first-order valence-electron chi connectivity index (χ1n) is 6.63. The van der Waals surface area contributed by atoms with E-state index in [1.165, 1.54) is 6.20 Å². The number of carbonyl (C=O) groups excluding carboxylic acids is 1. The normalized spacial score (nSPS) is 10.9. The smallest absolute Gasteiger partial charge is 0.250 e. The molecule has 6 nitrogen and oxygen atoms in total. The van der Waals surface area contributed by atoms with E-state index in [0.29, 0.717) is 24.3 Å². The number of para-hydroxylation sites is 2. The molecule has 1 amide bonds. The van der Waals surface area contributed by atoms with Gasteiger partial charge in [0.15, 0.2) is 0 Å². The lowest BCUT2D eigenvalue weighted by molar-refractivity contribution is 0.1000. The molecule has 6 heteroatoms. The number of fused-ring (bicyclic) bond motifs is 1. The molecule has 21 heavy (non-hydrogen) atoms. The van der Waals surface area contributed by atoms with Crippen LogP contribution in [0.1, 0.15) is 16.2 Å². The van der Waals surface area contributed by atoms with Crippen molar-refractivity contribution in [2.75, 3.05) is 6.54 Å². The molecular weight excluding hydrogens is 266 g/mol. The lowest BCUT2D eigenvalue weighted by Gasteiger charge is -2.08. The fourth-order valence-electron chi connectivity index (χ4n) is 2.29. The van der Waals surface area contributed by atoms with Gasteiger partial charge in [-0.25, -0.2) is 9.97 Å². The molecule has 3 aromatic rings. The number of primary amides is 1. The molecule has 0 spiro atoms. The molecule has 0 bridgehead atoms. The van der Waals surface area contributed by atoms with Crippen molar-refractivity contribution in [2.45, 2.75) is 6.42 Å². The molecule has 0 aliphatic rings. The van der Waals surface area contributed by atoms with Gasteiger partial charge in [-0.2, -0.15) is 0 Å². The maximum Gasteiger partial charge on any atom is 0.250 e. The molecule has 0 atom stereocenters. The summed E-state index contributed by atoms with van der Waals surface area (Å²) < 4.78 is 1.95. The summed E-state index contributed by atoms with van der Waals surface area (Å²) in [5.41, 5.74) is 13.1. The van der Waals surface area contributed by atoms with Gasteiger partial charge >= 0.3 is 0 Å². The van der Waals surface area contributed by atoms with Crippen LogP contribution in [0.5, 0.6) is 0 Å². The Morgan fingerprint density at radius 2 is 2.00 bits per heavy atom. The van der Waals surface area contributed by atoms with Crippen molar-refractivity contribution >= 4 is 16.9 Å². The van der Waals surface area contributed by atoms with E-state index in [0.717, 1.165) is 16.9 Å². The van der Waals surface area contributed by atoms with Crippen LogP contribution in [0.3, 0.4) is 0 Å². The number of rotatable bonds is 4. The highest BCUT2D eigenvalue weighted by Gasteiger charge is 2.12. The van der Waals surface area contributed by atoms with Gasteiger partial charge in [0.25, 0.3) is 0 Å². The minimum atomic E-state index is -0.494. The van der Waals surface area contributed by atoms with Gasteiger partial charge < -0.3 is 11.5 Å². The summed E-state index contributed by atoms with van der Waals surface area (Å²) in [6.07, 6.45) is 2.12. The summed E-state index contributed by atoms with van der Waals surface area (Å²) in [6.45, 7) is 0.503. The Hall–Kier alpha value is -2.73. The van der Waals surface area contributed by atoms with Gasteiger partial charge in [0.1, 0.15) is 11.6 Å². The number of carbonyl (C=O) groups is 1. The molecule has 1 aromatic carbocycles. The molecule has 0 unspecified atom stereocenters. The van der Waals surface area contributed by atoms with E-state index in [1.54, 1.807) is 12.1 Å². The van der Waals surface area contributed by atoms with E-state index in [1.807, 2.05) is 28.8 Å². The SMILES string of the molecule is NCCc1nc2ccccc2n1-c1ccc(C(N)=O)cn1. The van der Waals surface area contributed by atoms with E-state index in [4.69, 9.17) is 11.5 Å². The van der Waals surface area contributed by atoms with Crippen molar-refractivity contribution in [1.29, 1.82) is 0 Å². The molecule has 0 saturated heterocycles. The first kappa shape index (κ1) is 13.3. The minimum Gasteiger partial charge on any atom is -0.366 e. The average Bonchev–Trinajstić information content (AvgIpc) is 2.85. The number of hydrogen-bond donors (Lipinski definition) is 2. The Morgan fingerprint density at radius 3 is 2.67 bits per heavy atom. The quantitative estimate of drug-likeness (QED) is 0.745. The molecule has 0 fully saturated rings. The summed E-state index contributed by atoms with van der Waals surface area (Å²) in [5.74, 6) is 1.04. The summed E-state index contributed by atoms with van der Waals surface area (Å²) in [4.78, 5) is 20.0. The highest BCUT2D eigenvalue weighted by Crippen LogP contribution is 2.20. The predicted molar refractivity (Wildman–Crippen MR) is 80.1 cm³/mol. The van der Waals surface area contributed by atoms with Gasteiger partial charge in [-0.3, -0.25) is 9.36 Å². The zero-order valence-corrected chi connectivity index (χ0v) is 11.4. The highest BCUT2D eigenvalue weighted by molar-refractivity contribution is 5.92. The fraction of sp³-hybridized carbons (Fsp3) is 0.133. The van der Waals surface area contributed by atoms with Crippen molar-refractivity contribution in [3.63, 3.8) is 0 Å². The van der Waals surface area contributed by atoms with Crippen LogP contribution in [-0.2, 0) is 6.42 Å². The van der Waals surface area contributed by atoms with Gasteiger partial charge in [-0.1, -0.05) is 12.1 Å². The predicted octanol–water partition coefficient (Wildman–Crippen LogP) is 1.02. The number of imidazole rings is 1. The number of nitrogens with zero attached hydrogens (tertiary/aromatic N) is 3. The second kappa shape index (κ2) is 5.34. The molecule has 0 aliphatic heterocycles. The number of aromatic nitrogens is 3. The second-order valence-corrected chi connectivity index (χ2v) is 4.66. The van der Waals surface area contributed by atoms with Crippen LogP contribution in [-0.4, -0.2) is 27.0 Å². The zero-order chi connectivity index (χ0) is 14.8. The lowest BCUT2D eigenvalue weighted by Crippen LogP contribution is -2.13. The number of pyridine rings is 1. The van der Waals surface area contributed by atoms with E-state index in [9.17, 15) is 4.79 Å². The van der Waals surface area contributed by atoms with E-state index in [-0.39, 0.29) is 0 Å². The molecular formula is C15H15N5O. The first-order valence-corrected chi connectivity index (χ1v) is 6.63. The van der Waals surface area contributed by atoms with Crippen molar-refractivity contribution in [3.8, 4) is 5.82 Å². The monoisotopic (exact) mass is 281 g/mol. The van der Waals surface area contributed by atoms with Crippen LogP contribution < -0.4 is 11.5 Å². The van der Waals surface area contributed by atoms with E-state index < -0.39 is 5.91 Å². The number of benzene rings is 1. The molecule has 0 aliphatic carbocycles. The Balaban J connectivity index is 2.17. The summed E-state index contributed by atoms with van der Waals surface area (Å²) >= 11 is 0. The maximum absolute atomic E-state index is 11.1. The van der Waals surface area contributed by atoms with Crippen molar-refractivity contribution in [2.24, 2.45) is 11.5 Å². The lowest BCUT2D eigenvalue weighted by atomic mass is 10.2. The van der Waals surface area contributed by atoms with Crippen LogP contribution in [0.4, 0.5) is 0 Å². The average molecular weight is 281 g/mol. The third kappa shape index (κ3) is 2.36. The van der Waals surface area contributed by atoms with Gasteiger partial charge in [0, 0.05) is 12.6 Å². The van der Waals surface area contributed by atoms with Crippen molar-refractivity contribution in [1.82, 2.24) is 14.5 Å². The molecule has 106 valence electrons. The van der Waals surface area contributed by atoms with Gasteiger partial charge in [0.05, 0.1) is 16.6 Å². The van der Waals surface area contributed by atoms with E-state index >= 15 is 0 Å². The van der Waals surface area contributed by atoms with Crippen LogP contribution in [0, 0.1) is 0 Å². The Labute approximate surface area is 121 Å². The first-order chi connectivity index (χ1) is 10.2. The Kier molecular flexibility index (Phi) is 3.37. The maximum atomic E-state index is 11.1. The van der Waals surface area contributed by atoms with E-state index in [2.05, 4.69) is 9.97 Å². The van der Waals surface area contributed by atoms with Crippen LogP contribution in [0.15, 0.2) is 42.6 Å². The Morgan fingerprint density at radius 1 is 1.19 bits per heavy atom. The molecule has 0 radical (unpaired) electrons. The highest BCUT2D eigenvalue weighted by atomic mass is 16.1. The molecule has 2 aromatic heterocycles. The largest absolute Gasteiger partial charge is 0.366 e. The zero-order valence-electron chi connectivity index (χ0n) is 11.4. The molecule has 0 saturated carbocycles. The van der Waals surface area contributed by atoms with Crippen LogP contribution in [0.2, 0.25) is 0 Å². The summed E-state index contributed by atoms with van der Waals surface area (Å²) in [6, 6.07) is 11.2.